The van der Waals surface area contributed by atoms with Crippen LogP contribution in [-0.2, 0) is 6.54 Å². The van der Waals surface area contributed by atoms with Gasteiger partial charge in [0.25, 0.3) is 0 Å². The smallest absolute Gasteiger partial charge is 0.141 e. The molecule has 4 rings (SSSR count). The summed E-state index contributed by atoms with van der Waals surface area (Å²) in [6, 6.07) is 24.5. The molecule has 4 nitrogen and oxygen atoms in total. The van der Waals surface area contributed by atoms with Crippen LogP contribution in [0.5, 0.6) is 11.5 Å². The van der Waals surface area contributed by atoms with Crippen molar-refractivity contribution in [2.75, 3.05) is 13.7 Å². The van der Waals surface area contributed by atoms with Gasteiger partial charge in [-0.1, -0.05) is 42.0 Å². The number of para-hydroxylation sites is 2. The Morgan fingerprint density at radius 1 is 0.857 bits per heavy atom. The number of hydrogen-bond donors (Lipinski definition) is 0. The van der Waals surface area contributed by atoms with E-state index in [1.165, 1.54) is 5.56 Å². The zero-order valence-electron chi connectivity index (χ0n) is 16.3. The molecule has 3 aromatic carbocycles. The van der Waals surface area contributed by atoms with Crippen LogP contribution in [0.1, 0.15) is 12.0 Å². The van der Waals surface area contributed by atoms with Crippen LogP contribution < -0.4 is 9.47 Å². The maximum absolute atomic E-state index is 5.89. The van der Waals surface area contributed by atoms with E-state index in [0.717, 1.165) is 46.9 Å². The average molecular weight is 372 g/mol. The molecule has 0 amide bonds. The number of ether oxygens (including phenoxy) is 2. The van der Waals surface area contributed by atoms with Crippen molar-refractivity contribution in [1.29, 1.82) is 0 Å². The SMILES string of the molecule is COc1ccc(OCCCn2c(-c3ccc(C)cc3)nc3ccccc32)cc1. The van der Waals surface area contributed by atoms with E-state index in [1.807, 2.05) is 30.3 Å². The van der Waals surface area contributed by atoms with E-state index in [2.05, 4.69) is 54.0 Å². The van der Waals surface area contributed by atoms with Crippen molar-refractivity contribution in [2.24, 2.45) is 0 Å². The number of aryl methyl sites for hydroxylation is 2. The van der Waals surface area contributed by atoms with Crippen LogP contribution in [-0.4, -0.2) is 23.3 Å². The topological polar surface area (TPSA) is 36.3 Å². The van der Waals surface area contributed by atoms with Crippen LogP contribution in [0.4, 0.5) is 0 Å². The Morgan fingerprint density at radius 2 is 1.57 bits per heavy atom. The van der Waals surface area contributed by atoms with E-state index in [-0.39, 0.29) is 0 Å². The fourth-order valence-electron chi connectivity index (χ4n) is 3.31. The number of fused-ring (bicyclic) bond motifs is 1. The van der Waals surface area contributed by atoms with Gasteiger partial charge in [0, 0.05) is 12.1 Å². The molecular formula is C24H24N2O2. The van der Waals surface area contributed by atoms with Gasteiger partial charge in [0.1, 0.15) is 17.3 Å². The average Bonchev–Trinajstić information content (AvgIpc) is 3.11. The Kier molecular flexibility index (Phi) is 5.29. The molecule has 0 saturated heterocycles. The predicted octanol–water partition coefficient (Wildman–Crippen LogP) is 5.49. The highest BCUT2D eigenvalue weighted by Crippen LogP contribution is 2.25. The summed E-state index contributed by atoms with van der Waals surface area (Å²) in [5.74, 6) is 2.70. The van der Waals surface area contributed by atoms with Gasteiger partial charge >= 0.3 is 0 Å². The molecule has 4 heteroatoms. The summed E-state index contributed by atoms with van der Waals surface area (Å²) in [6.45, 7) is 3.59. The van der Waals surface area contributed by atoms with Crippen molar-refractivity contribution >= 4 is 11.0 Å². The van der Waals surface area contributed by atoms with Gasteiger partial charge in [0.2, 0.25) is 0 Å². The molecule has 0 bridgehead atoms. The molecule has 0 N–H and O–H groups in total. The molecule has 28 heavy (non-hydrogen) atoms. The van der Waals surface area contributed by atoms with E-state index in [9.17, 15) is 0 Å². The second-order valence-corrected chi connectivity index (χ2v) is 6.82. The summed E-state index contributed by atoms with van der Waals surface area (Å²) in [7, 11) is 1.66. The fourth-order valence-corrected chi connectivity index (χ4v) is 3.31. The maximum atomic E-state index is 5.89. The first-order chi connectivity index (χ1) is 13.7. The molecule has 0 saturated carbocycles. The van der Waals surface area contributed by atoms with E-state index in [4.69, 9.17) is 14.5 Å². The molecule has 0 unspecified atom stereocenters. The first-order valence-corrected chi connectivity index (χ1v) is 9.54. The lowest BCUT2D eigenvalue weighted by atomic mass is 10.1. The lowest BCUT2D eigenvalue weighted by molar-refractivity contribution is 0.302. The highest BCUT2D eigenvalue weighted by molar-refractivity contribution is 5.80. The Balaban J connectivity index is 1.50. The van der Waals surface area contributed by atoms with Crippen molar-refractivity contribution in [3.63, 3.8) is 0 Å². The first-order valence-electron chi connectivity index (χ1n) is 9.54. The summed E-state index contributed by atoms with van der Waals surface area (Å²) in [6.07, 6.45) is 0.894. The molecule has 142 valence electrons. The monoisotopic (exact) mass is 372 g/mol. The Hall–Kier alpha value is -3.27. The van der Waals surface area contributed by atoms with Crippen molar-refractivity contribution in [3.05, 3.63) is 78.4 Å². The van der Waals surface area contributed by atoms with Crippen LogP contribution in [0.15, 0.2) is 72.8 Å². The third-order valence-corrected chi connectivity index (χ3v) is 4.82. The third kappa shape index (κ3) is 3.86. The lowest BCUT2D eigenvalue weighted by Crippen LogP contribution is -2.06. The van der Waals surface area contributed by atoms with Gasteiger partial charge in [0.15, 0.2) is 0 Å². The molecule has 0 aliphatic rings. The second kappa shape index (κ2) is 8.17. The maximum Gasteiger partial charge on any atom is 0.141 e. The second-order valence-electron chi connectivity index (χ2n) is 6.82. The summed E-state index contributed by atoms with van der Waals surface area (Å²) >= 11 is 0. The molecule has 1 aromatic heterocycles. The van der Waals surface area contributed by atoms with Crippen molar-refractivity contribution in [1.82, 2.24) is 9.55 Å². The number of rotatable bonds is 7. The van der Waals surface area contributed by atoms with Crippen molar-refractivity contribution in [2.45, 2.75) is 19.9 Å². The molecule has 1 heterocycles. The molecule has 0 atom stereocenters. The molecular weight excluding hydrogens is 348 g/mol. The molecule has 0 radical (unpaired) electrons. The van der Waals surface area contributed by atoms with Crippen LogP contribution in [0.25, 0.3) is 22.4 Å². The van der Waals surface area contributed by atoms with Gasteiger partial charge in [0.05, 0.1) is 24.8 Å². The van der Waals surface area contributed by atoms with Crippen molar-refractivity contribution in [3.8, 4) is 22.9 Å². The lowest BCUT2D eigenvalue weighted by Gasteiger charge is -2.11. The van der Waals surface area contributed by atoms with Gasteiger partial charge in [-0.3, -0.25) is 0 Å². The largest absolute Gasteiger partial charge is 0.497 e. The minimum absolute atomic E-state index is 0.645. The van der Waals surface area contributed by atoms with Crippen LogP contribution in [0.3, 0.4) is 0 Å². The van der Waals surface area contributed by atoms with Crippen LogP contribution in [0, 0.1) is 6.92 Å². The standard InChI is InChI=1S/C24H24N2O2/c1-18-8-10-19(11-9-18)24-25-22-6-3-4-7-23(22)26(24)16-5-17-28-21-14-12-20(27-2)13-15-21/h3-4,6-15H,5,16-17H2,1-2H3. The third-order valence-electron chi connectivity index (χ3n) is 4.82. The zero-order chi connectivity index (χ0) is 19.3. The number of hydrogen-bond acceptors (Lipinski definition) is 3. The van der Waals surface area contributed by atoms with E-state index < -0.39 is 0 Å². The van der Waals surface area contributed by atoms with Gasteiger partial charge in [-0.15, -0.1) is 0 Å². The predicted molar refractivity (Wildman–Crippen MR) is 113 cm³/mol. The quantitative estimate of drug-likeness (QED) is 0.403. The first kappa shape index (κ1) is 18.1. The van der Waals surface area contributed by atoms with Gasteiger partial charge < -0.3 is 14.0 Å². The number of aromatic nitrogens is 2. The van der Waals surface area contributed by atoms with E-state index in [0.29, 0.717) is 6.61 Å². The number of imidazole rings is 1. The normalized spacial score (nSPS) is 10.9. The number of benzene rings is 3. The molecule has 0 aliphatic carbocycles. The Labute approximate surface area is 165 Å². The fraction of sp³-hybridized carbons (Fsp3) is 0.208. The van der Waals surface area contributed by atoms with Gasteiger partial charge in [-0.05, 0) is 49.7 Å². The zero-order valence-corrected chi connectivity index (χ0v) is 16.3. The number of methoxy groups -OCH3 is 1. The highest BCUT2D eigenvalue weighted by Gasteiger charge is 2.12. The van der Waals surface area contributed by atoms with Crippen molar-refractivity contribution < 1.29 is 9.47 Å². The highest BCUT2D eigenvalue weighted by atomic mass is 16.5. The Morgan fingerprint density at radius 3 is 2.32 bits per heavy atom. The van der Waals surface area contributed by atoms with E-state index in [1.54, 1.807) is 7.11 Å². The minimum atomic E-state index is 0.645. The molecule has 0 fully saturated rings. The van der Waals surface area contributed by atoms with Crippen LogP contribution in [0.2, 0.25) is 0 Å². The summed E-state index contributed by atoms with van der Waals surface area (Å²) in [5, 5.41) is 0. The minimum Gasteiger partial charge on any atom is -0.497 e. The van der Waals surface area contributed by atoms with Crippen LogP contribution >= 0.6 is 0 Å². The van der Waals surface area contributed by atoms with Gasteiger partial charge in [-0.2, -0.15) is 0 Å². The molecule has 0 aliphatic heterocycles. The molecule has 0 spiro atoms. The number of nitrogens with zero attached hydrogens (tertiary/aromatic N) is 2. The molecule has 4 aromatic rings. The summed E-state index contributed by atoms with van der Waals surface area (Å²) < 4.78 is 13.4. The summed E-state index contributed by atoms with van der Waals surface area (Å²) in [4.78, 5) is 4.88. The van der Waals surface area contributed by atoms with E-state index >= 15 is 0 Å². The van der Waals surface area contributed by atoms with Gasteiger partial charge in [-0.25, -0.2) is 4.98 Å². The Bertz CT molecular complexity index is 1050. The summed E-state index contributed by atoms with van der Waals surface area (Å²) in [5.41, 5.74) is 4.56.